The van der Waals surface area contributed by atoms with Crippen LogP contribution in [0.4, 0.5) is 17.6 Å². The first-order chi connectivity index (χ1) is 9.51. The zero-order chi connectivity index (χ0) is 16.4. The van der Waals surface area contributed by atoms with Crippen molar-refractivity contribution < 1.29 is 31.9 Å². The predicted molar refractivity (Wildman–Crippen MR) is 66.1 cm³/mol. The summed E-state index contributed by atoms with van der Waals surface area (Å²) in [5, 5.41) is 0. The molecule has 116 valence electrons. The Morgan fingerprint density at radius 2 is 1.76 bits per heavy atom. The van der Waals surface area contributed by atoms with Gasteiger partial charge in [-0.15, -0.1) is 0 Å². The van der Waals surface area contributed by atoms with E-state index in [1.54, 1.807) is 0 Å². The first-order valence-corrected chi connectivity index (χ1v) is 6.10. The van der Waals surface area contributed by atoms with E-state index < -0.39 is 40.3 Å². The number of hydrogen-bond donors (Lipinski definition) is 0. The van der Waals surface area contributed by atoms with Crippen LogP contribution in [-0.2, 0) is 15.7 Å². The van der Waals surface area contributed by atoms with Gasteiger partial charge in [-0.1, -0.05) is 0 Å². The maximum absolute atomic E-state index is 13.2. The monoisotopic (exact) mass is 306 g/mol. The number of alkyl halides is 3. The fourth-order valence-electron chi connectivity index (χ4n) is 1.69. The van der Waals surface area contributed by atoms with E-state index in [9.17, 15) is 27.2 Å². The summed E-state index contributed by atoms with van der Waals surface area (Å²) in [5.41, 5.74) is -4.02. The maximum Gasteiger partial charge on any atom is 0.417 e. The summed E-state index contributed by atoms with van der Waals surface area (Å²) in [4.78, 5) is 23.9. The van der Waals surface area contributed by atoms with Crippen LogP contribution in [0.5, 0.6) is 0 Å². The molecule has 1 aromatic rings. The second-order valence-corrected chi connectivity index (χ2v) is 4.86. The van der Waals surface area contributed by atoms with Crippen molar-refractivity contribution >= 4 is 11.8 Å². The van der Waals surface area contributed by atoms with Crippen molar-refractivity contribution in [2.75, 3.05) is 6.61 Å². The predicted octanol–water partition coefficient (Wildman–Crippen LogP) is 3.62. The van der Waals surface area contributed by atoms with E-state index in [1.807, 2.05) is 0 Å². The standard InChI is InChI=1S/C14H14F4O3/c1-4-21-12(20)13(2,3)11(19)9-7-8(15)5-6-10(9)14(16,17)18/h5-7H,4H2,1-3H3. The third kappa shape index (κ3) is 3.59. The van der Waals surface area contributed by atoms with Gasteiger partial charge in [-0.25, -0.2) is 4.39 Å². The molecule has 0 unspecified atom stereocenters. The molecule has 0 saturated heterocycles. The average molecular weight is 306 g/mol. The topological polar surface area (TPSA) is 43.4 Å². The molecule has 0 radical (unpaired) electrons. The highest BCUT2D eigenvalue weighted by Crippen LogP contribution is 2.35. The summed E-state index contributed by atoms with van der Waals surface area (Å²) in [6.07, 6.45) is -4.83. The number of carbonyl (C=O) groups excluding carboxylic acids is 2. The molecule has 3 nitrogen and oxygen atoms in total. The Morgan fingerprint density at radius 1 is 1.19 bits per heavy atom. The molecule has 0 heterocycles. The molecule has 0 bridgehead atoms. The molecule has 0 fully saturated rings. The molecular formula is C14H14F4O3. The molecule has 0 aromatic heterocycles. The molecular weight excluding hydrogens is 292 g/mol. The minimum absolute atomic E-state index is 0.0230. The van der Waals surface area contributed by atoms with E-state index in [4.69, 9.17) is 0 Å². The van der Waals surface area contributed by atoms with Crippen molar-refractivity contribution in [2.45, 2.75) is 26.9 Å². The summed E-state index contributed by atoms with van der Waals surface area (Å²) < 4.78 is 56.5. The minimum atomic E-state index is -4.83. The van der Waals surface area contributed by atoms with Gasteiger partial charge in [0, 0.05) is 5.56 Å². The normalized spacial score (nSPS) is 12.1. The fraction of sp³-hybridized carbons (Fsp3) is 0.429. The molecule has 21 heavy (non-hydrogen) atoms. The highest BCUT2D eigenvalue weighted by Gasteiger charge is 2.43. The Labute approximate surface area is 118 Å². The fourth-order valence-corrected chi connectivity index (χ4v) is 1.69. The highest BCUT2D eigenvalue weighted by atomic mass is 19.4. The van der Waals surface area contributed by atoms with Crippen LogP contribution in [0.1, 0.15) is 36.7 Å². The van der Waals surface area contributed by atoms with Crippen LogP contribution in [0.25, 0.3) is 0 Å². The van der Waals surface area contributed by atoms with E-state index >= 15 is 0 Å². The van der Waals surface area contributed by atoms with Crippen LogP contribution in [0.15, 0.2) is 18.2 Å². The van der Waals surface area contributed by atoms with E-state index in [2.05, 4.69) is 4.74 Å². The van der Waals surface area contributed by atoms with Crippen molar-refractivity contribution in [1.82, 2.24) is 0 Å². The molecule has 0 spiro atoms. The van der Waals surface area contributed by atoms with Crippen molar-refractivity contribution in [3.05, 3.63) is 35.1 Å². The number of rotatable bonds is 4. The Morgan fingerprint density at radius 3 is 2.24 bits per heavy atom. The summed E-state index contributed by atoms with van der Waals surface area (Å²) >= 11 is 0. The molecule has 1 rings (SSSR count). The molecule has 0 amide bonds. The largest absolute Gasteiger partial charge is 0.465 e. The van der Waals surface area contributed by atoms with Crippen molar-refractivity contribution in [3.8, 4) is 0 Å². The Hall–Kier alpha value is -1.92. The molecule has 0 aliphatic heterocycles. The van der Waals surface area contributed by atoms with Crippen LogP contribution in [-0.4, -0.2) is 18.4 Å². The summed E-state index contributed by atoms with van der Waals surface area (Å²) in [6, 6.07) is 1.56. The Bertz CT molecular complexity index is 562. The molecule has 1 aromatic carbocycles. The maximum atomic E-state index is 13.2. The van der Waals surface area contributed by atoms with Crippen LogP contribution in [0, 0.1) is 11.2 Å². The molecule has 0 saturated carbocycles. The second-order valence-electron chi connectivity index (χ2n) is 4.86. The van der Waals surface area contributed by atoms with Crippen LogP contribution < -0.4 is 0 Å². The van der Waals surface area contributed by atoms with E-state index in [0.29, 0.717) is 18.2 Å². The van der Waals surface area contributed by atoms with Gasteiger partial charge in [0.15, 0.2) is 5.78 Å². The highest BCUT2D eigenvalue weighted by molar-refractivity contribution is 6.12. The zero-order valence-electron chi connectivity index (χ0n) is 11.7. The lowest BCUT2D eigenvalue weighted by Gasteiger charge is -2.22. The molecule has 0 aliphatic carbocycles. The van der Waals surface area contributed by atoms with Gasteiger partial charge in [0.05, 0.1) is 12.2 Å². The summed E-state index contributed by atoms with van der Waals surface area (Å²) in [6.45, 7) is 3.75. The van der Waals surface area contributed by atoms with Gasteiger partial charge < -0.3 is 4.74 Å². The van der Waals surface area contributed by atoms with E-state index in [-0.39, 0.29) is 6.61 Å². The Balaban J connectivity index is 3.36. The lowest BCUT2D eigenvalue weighted by atomic mass is 9.82. The van der Waals surface area contributed by atoms with Gasteiger partial charge in [-0.05, 0) is 39.0 Å². The molecule has 7 heteroatoms. The molecule has 0 N–H and O–H groups in total. The summed E-state index contributed by atoms with van der Waals surface area (Å²) in [5.74, 6) is -3.11. The van der Waals surface area contributed by atoms with Crippen molar-refractivity contribution in [3.63, 3.8) is 0 Å². The quantitative estimate of drug-likeness (QED) is 0.369. The summed E-state index contributed by atoms with van der Waals surface area (Å²) in [7, 11) is 0. The third-order valence-corrected chi connectivity index (χ3v) is 2.89. The third-order valence-electron chi connectivity index (χ3n) is 2.89. The van der Waals surface area contributed by atoms with Gasteiger partial charge in [0.1, 0.15) is 11.2 Å². The van der Waals surface area contributed by atoms with E-state index in [0.717, 1.165) is 13.8 Å². The van der Waals surface area contributed by atoms with Crippen LogP contribution >= 0.6 is 0 Å². The molecule has 0 atom stereocenters. The first-order valence-electron chi connectivity index (χ1n) is 6.10. The van der Waals surface area contributed by atoms with Crippen LogP contribution in [0.3, 0.4) is 0 Å². The molecule has 0 aliphatic rings. The minimum Gasteiger partial charge on any atom is -0.465 e. The van der Waals surface area contributed by atoms with Crippen LogP contribution in [0.2, 0.25) is 0 Å². The SMILES string of the molecule is CCOC(=O)C(C)(C)C(=O)c1cc(F)ccc1C(F)(F)F. The Kier molecular flexibility index (Phi) is 4.76. The average Bonchev–Trinajstić information content (AvgIpc) is 2.36. The lowest BCUT2D eigenvalue weighted by Crippen LogP contribution is -2.36. The van der Waals surface area contributed by atoms with Crippen molar-refractivity contribution in [1.29, 1.82) is 0 Å². The van der Waals surface area contributed by atoms with Crippen molar-refractivity contribution in [2.24, 2.45) is 5.41 Å². The lowest BCUT2D eigenvalue weighted by molar-refractivity contribution is -0.151. The second kappa shape index (κ2) is 5.83. The van der Waals surface area contributed by atoms with Gasteiger partial charge in [-0.2, -0.15) is 13.2 Å². The number of halogens is 4. The number of ether oxygens (including phenoxy) is 1. The zero-order valence-corrected chi connectivity index (χ0v) is 11.7. The number of esters is 1. The first kappa shape index (κ1) is 17.1. The number of Topliss-reactive ketones (excluding diaryl/α,β-unsaturated/α-hetero) is 1. The number of carbonyl (C=O) groups is 2. The number of ketones is 1. The van der Waals surface area contributed by atoms with Gasteiger partial charge >= 0.3 is 12.1 Å². The van der Waals surface area contributed by atoms with Gasteiger partial charge in [-0.3, -0.25) is 9.59 Å². The van der Waals surface area contributed by atoms with Gasteiger partial charge in [0.2, 0.25) is 0 Å². The van der Waals surface area contributed by atoms with E-state index in [1.165, 1.54) is 6.92 Å². The number of hydrogen-bond acceptors (Lipinski definition) is 3. The smallest absolute Gasteiger partial charge is 0.417 e. The number of benzene rings is 1. The van der Waals surface area contributed by atoms with Gasteiger partial charge in [0.25, 0.3) is 0 Å².